The predicted octanol–water partition coefficient (Wildman–Crippen LogP) is 4.61. The van der Waals surface area contributed by atoms with Crippen molar-refractivity contribution in [1.82, 2.24) is 4.90 Å². The quantitative estimate of drug-likeness (QED) is 0.549. The van der Waals surface area contributed by atoms with Gasteiger partial charge in [-0.25, -0.2) is 0 Å². The molecule has 1 heterocycles. The van der Waals surface area contributed by atoms with Gasteiger partial charge in [0.15, 0.2) is 6.61 Å². The Hall–Kier alpha value is -3.47. The molecule has 32 heavy (non-hydrogen) atoms. The summed E-state index contributed by atoms with van der Waals surface area (Å²) in [6.07, 6.45) is 0. The Labute approximate surface area is 190 Å². The van der Waals surface area contributed by atoms with E-state index in [0.29, 0.717) is 19.7 Å². The number of hydrogen-bond acceptors (Lipinski definition) is 4. The van der Waals surface area contributed by atoms with Gasteiger partial charge in [0.1, 0.15) is 18.1 Å². The summed E-state index contributed by atoms with van der Waals surface area (Å²) < 4.78 is 11.6. The first-order valence-electron chi connectivity index (χ1n) is 11.1. The minimum absolute atomic E-state index is 0.0348. The standard InChI is InChI=1S/C27H30N2O3/c1-21-8-11-26(18-22(21)2)32-20-27(30)29-16-14-28(15-17-29)24-9-12-25(13-10-24)31-19-23-6-4-3-5-7-23/h3-13,18H,14-17,19-20H2,1-2H3. The van der Waals surface area contributed by atoms with Gasteiger partial charge in [-0.2, -0.15) is 0 Å². The highest BCUT2D eigenvalue weighted by Gasteiger charge is 2.21. The molecule has 1 saturated heterocycles. The Bertz CT molecular complexity index is 1030. The van der Waals surface area contributed by atoms with Crippen LogP contribution in [0.25, 0.3) is 0 Å². The van der Waals surface area contributed by atoms with E-state index < -0.39 is 0 Å². The van der Waals surface area contributed by atoms with Crippen molar-refractivity contribution in [3.63, 3.8) is 0 Å². The van der Waals surface area contributed by atoms with Crippen LogP contribution in [0.1, 0.15) is 16.7 Å². The Morgan fingerprint density at radius 3 is 2.16 bits per heavy atom. The van der Waals surface area contributed by atoms with Gasteiger partial charge < -0.3 is 19.3 Å². The Morgan fingerprint density at radius 1 is 0.781 bits per heavy atom. The smallest absolute Gasteiger partial charge is 0.260 e. The van der Waals surface area contributed by atoms with Gasteiger partial charge in [0.25, 0.3) is 5.91 Å². The molecule has 1 aliphatic rings. The van der Waals surface area contributed by atoms with Gasteiger partial charge in [-0.1, -0.05) is 36.4 Å². The number of anilines is 1. The summed E-state index contributed by atoms with van der Waals surface area (Å²) >= 11 is 0. The number of carbonyl (C=O) groups excluding carboxylic acids is 1. The second-order valence-electron chi connectivity index (χ2n) is 8.17. The van der Waals surface area contributed by atoms with E-state index in [2.05, 4.69) is 36.1 Å². The van der Waals surface area contributed by atoms with Gasteiger partial charge in [-0.15, -0.1) is 0 Å². The number of benzene rings is 3. The van der Waals surface area contributed by atoms with Crippen LogP contribution in [0, 0.1) is 13.8 Å². The Morgan fingerprint density at radius 2 is 1.47 bits per heavy atom. The third-order valence-electron chi connectivity index (χ3n) is 5.92. The van der Waals surface area contributed by atoms with E-state index in [9.17, 15) is 4.79 Å². The zero-order chi connectivity index (χ0) is 22.3. The van der Waals surface area contributed by atoms with Crippen molar-refractivity contribution in [2.75, 3.05) is 37.7 Å². The highest BCUT2D eigenvalue weighted by Crippen LogP contribution is 2.22. The number of rotatable bonds is 7. The Balaban J connectivity index is 1.23. The summed E-state index contributed by atoms with van der Waals surface area (Å²) in [7, 11) is 0. The van der Waals surface area contributed by atoms with Crippen LogP contribution in [0.15, 0.2) is 72.8 Å². The highest BCUT2D eigenvalue weighted by molar-refractivity contribution is 5.78. The molecule has 1 fully saturated rings. The fourth-order valence-electron chi connectivity index (χ4n) is 3.75. The molecule has 0 aromatic heterocycles. The summed E-state index contributed by atoms with van der Waals surface area (Å²) in [6, 6.07) is 24.2. The molecule has 5 heteroatoms. The third kappa shape index (κ3) is 5.61. The lowest BCUT2D eigenvalue weighted by molar-refractivity contribution is -0.133. The molecule has 0 bridgehead atoms. The Kier molecular flexibility index (Phi) is 6.95. The first-order chi connectivity index (χ1) is 15.6. The fourth-order valence-corrected chi connectivity index (χ4v) is 3.75. The van der Waals surface area contributed by atoms with Crippen molar-refractivity contribution < 1.29 is 14.3 Å². The maximum absolute atomic E-state index is 12.6. The maximum Gasteiger partial charge on any atom is 0.260 e. The van der Waals surface area contributed by atoms with E-state index in [1.54, 1.807) is 0 Å². The molecular weight excluding hydrogens is 400 g/mol. The summed E-state index contributed by atoms with van der Waals surface area (Å²) in [4.78, 5) is 16.8. The first-order valence-corrected chi connectivity index (χ1v) is 11.1. The van der Waals surface area contributed by atoms with Crippen LogP contribution >= 0.6 is 0 Å². The lowest BCUT2D eigenvalue weighted by atomic mass is 10.1. The largest absolute Gasteiger partial charge is 0.489 e. The predicted molar refractivity (Wildman–Crippen MR) is 127 cm³/mol. The van der Waals surface area contributed by atoms with E-state index in [4.69, 9.17) is 9.47 Å². The number of aryl methyl sites for hydroxylation is 2. The molecule has 0 radical (unpaired) electrons. The molecule has 0 unspecified atom stereocenters. The SMILES string of the molecule is Cc1ccc(OCC(=O)N2CCN(c3ccc(OCc4ccccc4)cc3)CC2)cc1C. The van der Waals surface area contributed by atoms with Gasteiger partial charge in [-0.05, 0) is 66.9 Å². The summed E-state index contributed by atoms with van der Waals surface area (Å²) in [6.45, 7) is 7.75. The summed E-state index contributed by atoms with van der Waals surface area (Å²) in [5.41, 5.74) is 4.69. The average Bonchev–Trinajstić information content (AvgIpc) is 2.84. The summed E-state index contributed by atoms with van der Waals surface area (Å²) in [5.74, 6) is 1.64. The van der Waals surface area contributed by atoms with Crippen molar-refractivity contribution in [2.24, 2.45) is 0 Å². The van der Waals surface area contributed by atoms with E-state index in [0.717, 1.165) is 35.8 Å². The maximum atomic E-state index is 12.6. The molecule has 1 aliphatic heterocycles. The zero-order valence-corrected chi connectivity index (χ0v) is 18.8. The van der Waals surface area contributed by atoms with Gasteiger partial charge in [0, 0.05) is 31.9 Å². The first kappa shape index (κ1) is 21.8. The summed E-state index contributed by atoms with van der Waals surface area (Å²) in [5, 5.41) is 0. The lowest BCUT2D eigenvalue weighted by Gasteiger charge is -2.36. The van der Waals surface area contributed by atoms with Crippen LogP contribution in [-0.4, -0.2) is 43.6 Å². The molecule has 0 saturated carbocycles. The molecule has 5 nitrogen and oxygen atoms in total. The van der Waals surface area contributed by atoms with Crippen molar-refractivity contribution in [2.45, 2.75) is 20.5 Å². The molecule has 0 aliphatic carbocycles. The zero-order valence-electron chi connectivity index (χ0n) is 18.8. The van der Waals surface area contributed by atoms with Gasteiger partial charge in [0.2, 0.25) is 0 Å². The number of hydrogen-bond donors (Lipinski definition) is 0. The van der Waals surface area contributed by atoms with Crippen LogP contribution < -0.4 is 14.4 Å². The number of ether oxygens (including phenoxy) is 2. The van der Waals surface area contributed by atoms with E-state index in [1.807, 2.05) is 60.4 Å². The normalized spacial score (nSPS) is 13.7. The molecule has 1 amide bonds. The van der Waals surface area contributed by atoms with Gasteiger partial charge in [-0.3, -0.25) is 4.79 Å². The minimum atomic E-state index is 0.0348. The monoisotopic (exact) mass is 430 g/mol. The number of nitrogens with zero attached hydrogens (tertiary/aromatic N) is 2. The van der Waals surface area contributed by atoms with Crippen molar-refractivity contribution in [1.29, 1.82) is 0 Å². The van der Waals surface area contributed by atoms with Crippen LogP contribution in [0.5, 0.6) is 11.5 Å². The molecule has 3 aromatic carbocycles. The van der Waals surface area contributed by atoms with Crippen molar-refractivity contribution >= 4 is 11.6 Å². The van der Waals surface area contributed by atoms with E-state index in [-0.39, 0.29) is 12.5 Å². The van der Waals surface area contributed by atoms with Gasteiger partial charge >= 0.3 is 0 Å². The van der Waals surface area contributed by atoms with Crippen LogP contribution in [0.2, 0.25) is 0 Å². The average molecular weight is 431 g/mol. The minimum Gasteiger partial charge on any atom is -0.489 e. The van der Waals surface area contributed by atoms with E-state index >= 15 is 0 Å². The second kappa shape index (κ2) is 10.2. The molecule has 166 valence electrons. The lowest BCUT2D eigenvalue weighted by Crippen LogP contribution is -2.50. The molecule has 4 rings (SSSR count). The third-order valence-corrected chi connectivity index (χ3v) is 5.92. The van der Waals surface area contributed by atoms with Crippen LogP contribution in [0.3, 0.4) is 0 Å². The molecular formula is C27H30N2O3. The molecule has 0 N–H and O–H groups in total. The van der Waals surface area contributed by atoms with Crippen LogP contribution in [0.4, 0.5) is 5.69 Å². The van der Waals surface area contributed by atoms with Crippen LogP contribution in [-0.2, 0) is 11.4 Å². The number of amides is 1. The topological polar surface area (TPSA) is 42.0 Å². The number of piperazine rings is 1. The van der Waals surface area contributed by atoms with E-state index in [1.165, 1.54) is 11.1 Å². The fraction of sp³-hybridized carbons (Fsp3) is 0.296. The second-order valence-corrected chi connectivity index (χ2v) is 8.17. The van der Waals surface area contributed by atoms with Crippen molar-refractivity contribution in [3.8, 4) is 11.5 Å². The highest BCUT2D eigenvalue weighted by atomic mass is 16.5. The number of carbonyl (C=O) groups is 1. The molecule has 3 aromatic rings. The molecule has 0 spiro atoms. The van der Waals surface area contributed by atoms with Crippen molar-refractivity contribution in [3.05, 3.63) is 89.5 Å². The molecule has 0 atom stereocenters. The van der Waals surface area contributed by atoms with Gasteiger partial charge in [0.05, 0.1) is 0 Å².